The number of nitrogens with zero attached hydrogens (tertiary/aromatic N) is 1. The van der Waals surface area contributed by atoms with Crippen LogP contribution in [0.4, 0.5) is 4.39 Å². The first-order valence-corrected chi connectivity index (χ1v) is 5.83. The Morgan fingerprint density at radius 3 is 3.00 bits per heavy atom. The maximum atomic E-state index is 13.7. The second kappa shape index (κ2) is 5.27. The summed E-state index contributed by atoms with van der Waals surface area (Å²) in [5.74, 6) is -0.686. The number of ether oxygens (including phenoxy) is 1. The number of hydrogen-bond donors (Lipinski definition) is 1. The van der Waals surface area contributed by atoms with Crippen molar-refractivity contribution in [1.82, 2.24) is 10.3 Å². The Kier molecular flexibility index (Phi) is 3.72. The Morgan fingerprint density at radius 1 is 1.67 bits per heavy atom. The predicted molar refractivity (Wildman–Crippen MR) is 64.0 cm³/mol. The SMILES string of the molecule is C=CNC(=O)COC1(c2ncccc2F)CCC1. The van der Waals surface area contributed by atoms with Crippen molar-refractivity contribution in [1.29, 1.82) is 0 Å². The van der Waals surface area contributed by atoms with Gasteiger partial charge in [-0.25, -0.2) is 4.39 Å². The van der Waals surface area contributed by atoms with E-state index in [1.807, 2.05) is 0 Å². The zero-order chi connectivity index (χ0) is 13.0. The van der Waals surface area contributed by atoms with Gasteiger partial charge in [0.15, 0.2) is 0 Å². The van der Waals surface area contributed by atoms with Crippen molar-refractivity contribution >= 4 is 5.91 Å². The summed E-state index contributed by atoms with van der Waals surface area (Å²) in [7, 11) is 0. The normalized spacial score (nSPS) is 16.7. The first-order chi connectivity index (χ1) is 8.68. The van der Waals surface area contributed by atoms with Crippen molar-refractivity contribution in [3.05, 3.63) is 42.6 Å². The van der Waals surface area contributed by atoms with Crippen LogP contribution < -0.4 is 5.32 Å². The van der Waals surface area contributed by atoms with Gasteiger partial charge >= 0.3 is 0 Å². The van der Waals surface area contributed by atoms with Crippen molar-refractivity contribution in [2.24, 2.45) is 0 Å². The van der Waals surface area contributed by atoms with Crippen LogP contribution in [0.15, 0.2) is 31.1 Å². The molecule has 0 aromatic carbocycles. The largest absolute Gasteiger partial charge is 0.359 e. The van der Waals surface area contributed by atoms with Crippen molar-refractivity contribution in [2.75, 3.05) is 6.61 Å². The van der Waals surface area contributed by atoms with E-state index in [4.69, 9.17) is 4.74 Å². The van der Waals surface area contributed by atoms with E-state index in [-0.39, 0.29) is 18.3 Å². The first-order valence-electron chi connectivity index (χ1n) is 5.83. The molecule has 1 aliphatic rings. The van der Waals surface area contributed by atoms with Gasteiger partial charge in [-0.2, -0.15) is 0 Å². The molecule has 4 nitrogen and oxygen atoms in total. The minimum Gasteiger partial charge on any atom is -0.359 e. The minimum absolute atomic E-state index is 0.123. The molecule has 2 rings (SSSR count). The lowest BCUT2D eigenvalue weighted by atomic mass is 9.77. The molecule has 1 aromatic rings. The summed E-state index contributed by atoms with van der Waals surface area (Å²) < 4.78 is 19.3. The molecule has 1 aromatic heterocycles. The molecule has 1 saturated carbocycles. The Labute approximate surface area is 105 Å². The number of hydrogen-bond acceptors (Lipinski definition) is 3. The molecule has 0 saturated heterocycles. The molecule has 5 heteroatoms. The molecule has 1 heterocycles. The first kappa shape index (κ1) is 12.7. The molecule has 1 fully saturated rings. The third-order valence-electron chi connectivity index (χ3n) is 3.09. The van der Waals surface area contributed by atoms with Crippen LogP contribution in [0.5, 0.6) is 0 Å². The average Bonchev–Trinajstić information content (AvgIpc) is 2.30. The van der Waals surface area contributed by atoms with Crippen molar-refractivity contribution in [3.8, 4) is 0 Å². The molecular formula is C13H15FN2O2. The summed E-state index contributed by atoms with van der Waals surface area (Å²) in [5, 5.41) is 2.42. The third-order valence-corrected chi connectivity index (χ3v) is 3.09. The van der Waals surface area contributed by atoms with Gasteiger partial charge in [0.2, 0.25) is 5.91 Å². The number of aromatic nitrogens is 1. The molecule has 18 heavy (non-hydrogen) atoms. The highest BCUT2D eigenvalue weighted by molar-refractivity contribution is 5.78. The van der Waals surface area contributed by atoms with Crippen LogP contribution in [-0.4, -0.2) is 17.5 Å². The molecule has 0 bridgehead atoms. The van der Waals surface area contributed by atoms with E-state index in [1.165, 1.54) is 24.5 Å². The Balaban J connectivity index is 2.09. The fourth-order valence-corrected chi connectivity index (χ4v) is 2.03. The van der Waals surface area contributed by atoms with Crippen LogP contribution in [0, 0.1) is 5.82 Å². The number of halogens is 1. The van der Waals surface area contributed by atoms with E-state index in [0.717, 1.165) is 6.42 Å². The molecular weight excluding hydrogens is 235 g/mol. The zero-order valence-electron chi connectivity index (χ0n) is 9.99. The summed E-state index contributed by atoms with van der Waals surface area (Å²) in [6.45, 7) is 3.27. The second-order valence-corrected chi connectivity index (χ2v) is 4.24. The predicted octanol–water partition coefficient (Wildman–Crippen LogP) is 1.88. The smallest absolute Gasteiger partial charge is 0.249 e. The molecule has 0 unspecified atom stereocenters. The molecule has 0 radical (unpaired) electrons. The summed E-state index contributed by atoms with van der Waals surface area (Å²) in [6, 6.07) is 2.89. The topological polar surface area (TPSA) is 51.2 Å². The number of carbonyl (C=O) groups is 1. The highest BCUT2D eigenvalue weighted by Gasteiger charge is 2.43. The molecule has 96 valence electrons. The Morgan fingerprint density at radius 2 is 2.44 bits per heavy atom. The third kappa shape index (κ3) is 2.41. The van der Waals surface area contributed by atoms with Gasteiger partial charge in [0, 0.05) is 6.20 Å². The van der Waals surface area contributed by atoms with E-state index in [9.17, 15) is 9.18 Å². The highest BCUT2D eigenvalue weighted by Crippen LogP contribution is 2.44. The van der Waals surface area contributed by atoms with Gasteiger partial charge in [0.1, 0.15) is 23.7 Å². The number of amides is 1. The summed E-state index contributed by atoms with van der Waals surface area (Å²) in [5.41, 5.74) is -0.452. The van der Waals surface area contributed by atoms with E-state index in [1.54, 1.807) is 0 Å². The molecule has 1 aliphatic carbocycles. The summed E-state index contributed by atoms with van der Waals surface area (Å²) >= 11 is 0. The fraction of sp³-hybridized carbons (Fsp3) is 0.385. The standard InChI is InChI=1S/C13H15FN2O2/c1-2-15-11(17)9-18-13(6-4-7-13)12-10(14)5-3-8-16-12/h2-3,5,8H,1,4,6-7,9H2,(H,15,17). The van der Waals surface area contributed by atoms with Gasteiger partial charge in [0.25, 0.3) is 0 Å². The lowest BCUT2D eigenvalue weighted by molar-refractivity contribution is -0.145. The number of pyridine rings is 1. The number of carbonyl (C=O) groups excluding carboxylic acids is 1. The lowest BCUT2D eigenvalue weighted by Gasteiger charge is -2.40. The monoisotopic (exact) mass is 250 g/mol. The maximum absolute atomic E-state index is 13.7. The van der Waals surface area contributed by atoms with Gasteiger partial charge < -0.3 is 10.1 Å². The van der Waals surface area contributed by atoms with E-state index in [0.29, 0.717) is 18.5 Å². The van der Waals surface area contributed by atoms with E-state index < -0.39 is 5.60 Å². The van der Waals surface area contributed by atoms with Crippen LogP contribution in [0.2, 0.25) is 0 Å². The van der Waals surface area contributed by atoms with Crippen LogP contribution in [0.3, 0.4) is 0 Å². The maximum Gasteiger partial charge on any atom is 0.249 e. The van der Waals surface area contributed by atoms with Crippen molar-refractivity contribution in [3.63, 3.8) is 0 Å². The van der Waals surface area contributed by atoms with Gasteiger partial charge in [-0.05, 0) is 37.6 Å². The van der Waals surface area contributed by atoms with Gasteiger partial charge in [-0.1, -0.05) is 6.58 Å². The minimum atomic E-state index is -0.746. The summed E-state index contributed by atoms with van der Waals surface area (Å²) in [6.07, 6.45) is 5.13. The average molecular weight is 250 g/mol. The highest BCUT2D eigenvalue weighted by atomic mass is 19.1. The molecule has 0 aliphatic heterocycles. The van der Waals surface area contributed by atoms with Crippen LogP contribution in [0.1, 0.15) is 25.0 Å². The van der Waals surface area contributed by atoms with Gasteiger partial charge in [-0.15, -0.1) is 0 Å². The van der Waals surface area contributed by atoms with E-state index >= 15 is 0 Å². The quantitative estimate of drug-likeness (QED) is 0.868. The fourth-order valence-electron chi connectivity index (χ4n) is 2.03. The molecule has 0 atom stereocenters. The molecule has 1 amide bonds. The summed E-state index contributed by atoms with van der Waals surface area (Å²) in [4.78, 5) is 15.4. The number of nitrogens with one attached hydrogen (secondary N) is 1. The van der Waals surface area contributed by atoms with Gasteiger partial charge in [-0.3, -0.25) is 9.78 Å². The molecule has 1 N–H and O–H groups in total. The van der Waals surface area contributed by atoms with E-state index in [2.05, 4.69) is 16.9 Å². The van der Waals surface area contributed by atoms with Crippen LogP contribution in [0.25, 0.3) is 0 Å². The van der Waals surface area contributed by atoms with Gasteiger partial charge in [0.05, 0.1) is 0 Å². The second-order valence-electron chi connectivity index (χ2n) is 4.24. The zero-order valence-corrected chi connectivity index (χ0v) is 9.99. The van der Waals surface area contributed by atoms with Crippen LogP contribution >= 0.6 is 0 Å². The molecule has 0 spiro atoms. The van der Waals surface area contributed by atoms with Crippen LogP contribution in [-0.2, 0) is 15.1 Å². The van der Waals surface area contributed by atoms with Crippen molar-refractivity contribution in [2.45, 2.75) is 24.9 Å². The number of rotatable bonds is 5. The van der Waals surface area contributed by atoms with Crippen molar-refractivity contribution < 1.29 is 13.9 Å². The lowest BCUT2D eigenvalue weighted by Crippen LogP contribution is -2.41. The Hall–Kier alpha value is -1.75. The Bertz CT molecular complexity index is 458.